The summed E-state index contributed by atoms with van der Waals surface area (Å²) in [5.41, 5.74) is 4.54. The van der Waals surface area contributed by atoms with Gasteiger partial charge in [0, 0.05) is 0 Å². The third kappa shape index (κ3) is 2.11. The lowest BCUT2D eigenvalue weighted by Gasteiger charge is -2.10. The van der Waals surface area contributed by atoms with E-state index in [2.05, 4.69) is 4.98 Å². The van der Waals surface area contributed by atoms with Crippen LogP contribution in [-0.4, -0.2) is 4.98 Å². The summed E-state index contributed by atoms with van der Waals surface area (Å²) in [5.74, 6) is 0. The number of alkyl halides is 3. The minimum absolute atomic E-state index is 0.0294. The number of hydrogen-bond acceptors (Lipinski definition) is 2. The van der Waals surface area contributed by atoms with Gasteiger partial charge in [0.25, 0.3) is 0 Å². The molecule has 13 heavy (non-hydrogen) atoms. The predicted molar refractivity (Wildman–Crippen MR) is 43.0 cm³/mol. The van der Waals surface area contributed by atoms with Crippen molar-refractivity contribution in [2.24, 2.45) is 0 Å². The third-order valence-electron chi connectivity index (χ3n) is 1.63. The van der Waals surface area contributed by atoms with Gasteiger partial charge in [0.2, 0.25) is 0 Å². The highest BCUT2D eigenvalue weighted by Crippen LogP contribution is 2.32. The van der Waals surface area contributed by atoms with E-state index < -0.39 is 11.7 Å². The van der Waals surface area contributed by atoms with E-state index in [1.54, 1.807) is 6.92 Å². The third-order valence-corrected chi connectivity index (χ3v) is 1.63. The molecule has 72 valence electrons. The van der Waals surface area contributed by atoms with Crippen LogP contribution < -0.4 is 5.73 Å². The highest BCUT2D eigenvalue weighted by atomic mass is 19.4. The molecule has 0 aromatic carbocycles. The molecular formula is C8H9F3N2. The lowest BCUT2D eigenvalue weighted by molar-refractivity contribution is -0.138. The molecular weight excluding hydrogens is 181 g/mol. The van der Waals surface area contributed by atoms with Crippen LogP contribution in [0.5, 0.6) is 0 Å². The molecule has 0 atom stereocenters. The molecule has 2 nitrogen and oxygen atoms in total. The summed E-state index contributed by atoms with van der Waals surface area (Å²) in [6.07, 6.45) is -2.89. The Morgan fingerprint density at radius 2 is 2.08 bits per heavy atom. The summed E-state index contributed by atoms with van der Waals surface area (Å²) in [4.78, 5) is 3.62. The summed E-state index contributed by atoms with van der Waals surface area (Å²) in [6.45, 7) is 1.62. The van der Waals surface area contributed by atoms with Crippen molar-refractivity contribution in [3.8, 4) is 0 Å². The first-order valence-electron chi connectivity index (χ1n) is 3.76. The molecule has 1 aromatic rings. The Balaban J connectivity index is 3.24. The van der Waals surface area contributed by atoms with E-state index in [9.17, 15) is 13.2 Å². The maximum Gasteiger partial charge on any atom is 0.418 e. The maximum atomic E-state index is 12.3. The number of aryl methyl sites for hydroxylation is 1. The highest BCUT2D eigenvalue weighted by Gasteiger charge is 2.33. The van der Waals surface area contributed by atoms with Crippen molar-refractivity contribution < 1.29 is 13.2 Å². The molecule has 0 amide bonds. The molecule has 0 spiro atoms. The van der Waals surface area contributed by atoms with E-state index in [1.807, 2.05) is 0 Å². The molecule has 1 rings (SSSR count). The predicted octanol–water partition coefficient (Wildman–Crippen LogP) is 2.25. The average Bonchev–Trinajstić information content (AvgIpc) is 2.03. The van der Waals surface area contributed by atoms with Gasteiger partial charge in [-0.15, -0.1) is 0 Å². The molecule has 1 heterocycles. The number of nitrogens with two attached hydrogens (primary N) is 1. The van der Waals surface area contributed by atoms with Gasteiger partial charge in [0.1, 0.15) is 0 Å². The van der Waals surface area contributed by atoms with E-state index in [0.717, 1.165) is 6.07 Å². The second-order valence-corrected chi connectivity index (χ2v) is 2.61. The first-order chi connectivity index (χ1) is 5.95. The lowest BCUT2D eigenvalue weighted by atomic mass is 10.1. The fourth-order valence-electron chi connectivity index (χ4n) is 1.04. The number of nitrogen functional groups attached to an aromatic ring is 1. The standard InChI is InChI=1S/C8H9F3N2/c1-2-7-6(8(9,10)11)3-5(12)4-13-7/h3-4H,2,12H2,1H3. The minimum atomic E-state index is -4.37. The summed E-state index contributed by atoms with van der Waals surface area (Å²) in [5, 5.41) is 0. The summed E-state index contributed by atoms with van der Waals surface area (Å²) < 4.78 is 37.0. The van der Waals surface area contributed by atoms with Crippen molar-refractivity contribution in [1.82, 2.24) is 4.98 Å². The smallest absolute Gasteiger partial charge is 0.397 e. The van der Waals surface area contributed by atoms with Crippen molar-refractivity contribution in [3.05, 3.63) is 23.5 Å². The Hall–Kier alpha value is -1.26. The number of hydrogen-bond donors (Lipinski definition) is 1. The van der Waals surface area contributed by atoms with Crippen LogP contribution in [0.1, 0.15) is 18.2 Å². The van der Waals surface area contributed by atoms with Crippen LogP contribution in [0, 0.1) is 0 Å². The molecule has 0 aliphatic rings. The number of aromatic nitrogens is 1. The van der Waals surface area contributed by atoms with Gasteiger partial charge in [-0.25, -0.2) is 0 Å². The molecule has 0 saturated carbocycles. The van der Waals surface area contributed by atoms with Crippen LogP contribution in [-0.2, 0) is 12.6 Å². The average molecular weight is 190 g/mol. The topological polar surface area (TPSA) is 38.9 Å². The van der Waals surface area contributed by atoms with Gasteiger partial charge in [0.15, 0.2) is 0 Å². The van der Waals surface area contributed by atoms with Gasteiger partial charge in [-0.05, 0) is 12.5 Å². The lowest BCUT2D eigenvalue weighted by Crippen LogP contribution is -2.11. The largest absolute Gasteiger partial charge is 0.418 e. The molecule has 2 N–H and O–H groups in total. The first kappa shape index (κ1) is 9.83. The van der Waals surface area contributed by atoms with E-state index in [0.29, 0.717) is 0 Å². The fourth-order valence-corrected chi connectivity index (χ4v) is 1.04. The van der Waals surface area contributed by atoms with Crippen molar-refractivity contribution in [3.63, 3.8) is 0 Å². The van der Waals surface area contributed by atoms with E-state index in [-0.39, 0.29) is 17.8 Å². The molecule has 0 unspecified atom stereocenters. The van der Waals surface area contributed by atoms with Crippen molar-refractivity contribution in [2.45, 2.75) is 19.5 Å². The van der Waals surface area contributed by atoms with Crippen molar-refractivity contribution >= 4 is 5.69 Å². The van der Waals surface area contributed by atoms with Crippen LogP contribution in [0.3, 0.4) is 0 Å². The van der Waals surface area contributed by atoms with Gasteiger partial charge in [-0.2, -0.15) is 13.2 Å². The SMILES string of the molecule is CCc1ncc(N)cc1C(F)(F)F. The Morgan fingerprint density at radius 1 is 1.46 bits per heavy atom. The number of halogens is 3. The monoisotopic (exact) mass is 190 g/mol. The zero-order valence-electron chi connectivity index (χ0n) is 7.02. The Kier molecular flexibility index (Phi) is 2.45. The maximum absolute atomic E-state index is 12.3. The van der Waals surface area contributed by atoms with Crippen molar-refractivity contribution in [1.29, 1.82) is 0 Å². The first-order valence-corrected chi connectivity index (χ1v) is 3.76. The Labute approximate surface area is 73.6 Å². The second kappa shape index (κ2) is 3.24. The summed E-state index contributed by atoms with van der Waals surface area (Å²) in [6, 6.07) is 0.909. The quantitative estimate of drug-likeness (QED) is 0.737. The molecule has 1 aromatic heterocycles. The summed E-state index contributed by atoms with van der Waals surface area (Å²) in [7, 11) is 0. The molecule has 0 bridgehead atoms. The summed E-state index contributed by atoms with van der Waals surface area (Å²) >= 11 is 0. The highest BCUT2D eigenvalue weighted by molar-refractivity contribution is 5.41. The van der Waals surface area contributed by atoms with Crippen LogP contribution in [0.2, 0.25) is 0 Å². The van der Waals surface area contributed by atoms with Gasteiger partial charge in [0.05, 0.1) is 23.1 Å². The van der Waals surface area contributed by atoms with Crippen LogP contribution >= 0.6 is 0 Å². The van der Waals surface area contributed by atoms with Crippen LogP contribution in [0.25, 0.3) is 0 Å². The Morgan fingerprint density at radius 3 is 2.54 bits per heavy atom. The van der Waals surface area contributed by atoms with Gasteiger partial charge in [-0.3, -0.25) is 4.98 Å². The number of rotatable bonds is 1. The molecule has 0 aliphatic heterocycles. The second-order valence-electron chi connectivity index (χ2n) is 2.61. The molecule has 0 fully saturated rings. The Bertz CT molecular complexity index is 307. The number of anilines is 1. The number of pyridine rings is 1. The van der Waals surface area contributed by atoms with Crippen LogP contribution in [0.15, 0.2) is 12.3 Å². The van der Waals surface area contributed by atoms with E-state index in [4.69, 9.17) is 5.73 Å². The normalized spacial score (nSPS) is 11.7. The van der Waals surface area contributed by atoms with E-state index in [1.165, 1.54) is 6.20 Å². The van der Waals surface area contributed by atoms with Gasteiger partial charge < -0.3 is 5.73 Å². The van der Waals surface area contributed by atoms with Crippen LogP contribution in [0.4, 0.5) is 18.9 Å². The molecule has 0 saturated heterocycles. The van der Waals surface area contributed by atoms with Gasteiger partial charge in [-0.1, -0.05) is 6.92 Å². The number of nitrogens with zero attached hydrogens (tertiary/aromatic N) is 1. The molecule has 0 radical (unpaired) electrons. The molecule has 5 heteroatoms. The van der Waals surface area contributed by atoms with E-state index >= 15 is 0 Å². The minimum Gasteiger partial charge on any atom is -0.397 e. The van der Waals surface area contributed by atoms with Crippen molar-refractivity contribution in [2.75, 3.05) is 5.73 Å². The van der Waals surface area contributed by atoms with Gasteiger partial charge >= 0.3 is 6.18 Å². The zero-order valence-corrected chi connectivity index (χ0v) is 7.02. The zero-order chi connectivity index (χ0) is 10.1. The fraction of sp³-hybridized carbons (Fsp3) is 0.375. The molecule has 0 aliphatic carbocycles.